The van der Waals surface area contributed by atoms with Gasteiger partial charge in [-0.2, -0.15) is 6.20 Å². The summed E-state index contributed by atoms with van der Waals surface area (Å²) in [7, 11) is 3.10. The van der Waals surface area contributed by atoms with E-state index >= 15 is 0 Å². The first-order valence-electron chi connectivity index (χ1n) is 16.5. The Hall–Kier alpha value is -6.02. The van der Waals surface area contributed by atoms with E-state index in [4.69, 9.17) is 18.9 Å². The summed E-state index contributed by atoms with van der Waals surface area (Å²) in [5, 5.41) is 2.42. The molecule has 269 valence electrons. The Bertz CT molecular complexity index is 2270. The van der Waals surface area contributed by atoms with Crippen molar-refractivity contribution >= 4 is 22.7 Å². The number of carbonyl (C=O) groups excluding carboxylic acids is 2. The molecule has 0 aliphatic carbocycles. The van der Waals surface area contributed by atoms with Crippen molar-refractivity contribution in [3.8, 4) is 34.3 Å². The molecule has 2 aromatic heterocycles. The van der Waals surface area contributed by atoms with Gasteiger partial charge in [-0.1, -0.05) is 97.7 Å². The predicted molar refractivity (Wildman–Crippen MR) is 200 cm³/mol. The van der Waals surface area contributed by atoms with E-state index in [1.807, 2.05) is 79.0 Å². The summed E-state index contributed by atoms with van der Waals surface area (Å²) in [6.07, 6.45) is 2.41. The Morgan fingerprint density at radius 1 is 0.679 bits per heavy atom. The Morgan fingerprint density at radius 3 is 1.96 bits per heavy atom. The predicted octanol–water partition coefficient (Wildman–Crippen LogP) is 9.50. The summed E-state index contributed by atoms with van der Waals surface area (Å²) < 4.78 is 21.2. The van der Waals surface area contributed by atoms with Crippen molar-refractivity contribution in [2.45, 2.75) is 19.3 Å². The van der Waals surface area contributed by atoms with Crippen LogP contribution in [0.25, 0.3) is 22.0 Å². The molecule has 0 aliphatic heterocycles. The Balaban J connectivity index is 0.000000264. The Labute approximate surface area is 322 Å². The third kappa shape index (κ3) is 9.26. The van der Waals surface area contributed by atoms with Crippen molar-refractivity contribution in [2.24, 2.45) is 0 Å². The zero-order chi connectivity index (χ0) is 36.5. The molecule has 0 N–H and O–H groups in total. The topological polar surface area (TPSA) is 98.0 Å². The first-order chi connectivity index (χ1) is 25.2. The fraction of sp³-hybridized carbons (Fsp3) is 0.114. The van der Waals surface area contributed by atoms with E-state index in [1.54, 1.807) is 37.4 Å². The van der Waals surface area contributed by atoms with E-state index in [-0.39, 0.29) is 48.3 Å². The van der Waals surface area contributed by atoms with Gasteiger partial charge in [0.25, 0.3) is 0 Å². The second-order valence-electron chi connectivity index (χ2n) is 12.2. The number of fused-ring (bicyclic) bond motifs is 1. The van der Waals surface area contributed by atoms with Crippen LogP contribution in [-0.2, 0) is 25.5 Å². The molecule has 0 saturated carbocycles. The molecule has 0 saturated heterocycles. The van der Waals surface area contributed by atoms with Crippen molar-refractivity contribution in [3.63, 3.8) is 0 Å². The van der Waals surface area contributed by atoms with Crippen LogP contribution < -0.4 is 23.9 Å². The number of hydrogen-bond acceptors (Lipinski definition) is 7. The molecule has 7 aromatic rings. The minimum atomic E-state index is -0.935. The molecule has 0 atom stereocenters. The number of benzene rings is 5. The van der Waals surface area contributed by atoms with Gasteiger partial charge >= 0.3 is 6.16 Å². The fourth-order valence-electron chi connectivity index (χ4n) is 5.67. The zero-order valence-corrected chi connectivity index (χ0v) is 31.9. The molecule has 0 unspecified atom stereocenters. The van der Waals surface area contributed by atoms with E-state index in [9.17, 15) is 9.59 Å². The number of nitrogens with zero attached hydrogens (tertiary/aromatic N) is 2. The van der Waals surface area contributed by atoms with Crippen molar-refractivity contribution in [3.05, 3.63) is 174 Å². The van der Waals surface area contributed by atoms with Crippen molar-refractivity contribution < 1.29 is 48.6 Å². The molecule has 0 amide bonds. The van der Waals surface area contributed by atoms with Gasteiger partial charge in [0, 0.05) is 43.3 Å². The van der Waals surface area contributed by atoms with Gasteiger partial charge in [0.2, 0.25) is 0 Å². The second-order valence-corrected chi connectivity index (χ2v) is 12.2. The molecule has 2 heterocycles. The summed E-state index contributed by atoms with van der Waals surface area (Å²) in [5.74, 6) is 1.29. The van der Waals surface area contributed by atoms with E-state index in [0.717, 1.165) is 28.1 Å². The molecule has 53 heavy (non-hydrogen) atoms. The van der Waals surface area contributed by atoms with Gasteiger partial charge in [-0.05, 0) is 59.3 Å². The molecule has 0 spiro atoms. The minimum Gasteiger partial charge on any atom is -0.661 e. The van der Waals surface area contributed by atoms with Gasteiger partial charge in [0.05, 0.1) is 14.2 Å². The summed E-state index contributed by atoms with van der Waals surface area (Å²) >= 11 is 0. The number of rotatable bonds is 9. The van der Waals surface area contributed by atoms with Gasteiger partial charge in [0.15, 0.2) is 5.78 Å². The maximum absolute atomic E-state index is 12.7. The Kier molecular flexibility index (Phi) is 12.6. The van der Waals surface area contributed by atoms with E-state index < -0.39 is 6.16 Å². The molecule has 9 heteroatoms. The van der Waals surface area contributed by atoms with E-state index in [0.29, 0.717) is 11.5 Å². The zero-order valence-electron chi connectivity index (χ0n) is 29.5. The SMILES string of the molecule is COc1ccc(C(C)(C)c2ccc(OC(=O)Oc3cc(OC)cc(C(=O)c4ccc[n-]4)c3)cc2)cc1.[Ir].[c-]1ccc2ccccc2c1-c1ccccn1. The third-order valence-electron chi connectivity index (χ3n) is 8.60. The van der Waals surface area contributed by atoms with E-state index in [1.165, 1.54) is 36.2 Å². The number of aromatic nitrogens is 2. The second kappa shape index (κ2) is 17.5. The molecule has 1 radical (unpaired) electrons. The molecule has 8 nitrogen and oxygen atoms in total. The maximum Gasteiger partial charge on any atom is 0.519 e. The van der Waals surface area contributed by atoms with Crippen LogP contribution in [0.3, 0.4) is 0 Å². The number of methoxy groups -OCH3 is 2. The summed E-state index contributed by atoms with van der Waals surface area (Å²) in [5.41, 5.74) is 4.50. The first-order valence-corrected chi connectivity index (χ1v) is 16.5. The van der Waals surface area contributed by atoms with Crippen LogP contribution in [0.4, 0.5) is 4.79 Å². The molecule has 0 fully saturated rings. The molecular formula is C44H36IrN2O6-2. The van der Waals surface area contributed by atoms with Crippen LogP contribution in [0.2, 0.25) is 0 Å². The number of hydrogen-bond donors (Lipinski definition) is 0. The minimum absolute atomic E-state index is 0. The Morgan fingerprint density at radius 2 is 1.32 bits per heavy atom. The van der Waals surface area contributed by atoms with Crippen LogP contribution in [0.15, 0.2) is 146 Å². The summed E-state index contributed by atoms with van der Waals surface area (Å²) in [4.78, 5) is 33.5. The standard InChI is InChI=1S/C29H27NO6.C15H10N.Ir/c1-29(2,20-7-11-22(33-3)12-8-20)21-9-13-23(14-10-21)35-28(32)36-25-17-19(16-24(18-25)34-4)27(31)26-6-5-15-30-26;1-2-8-13-12(6-1)7-5-9-14(13)15-10-3-4-11-16-15;/h5-18H,1-4H3,(H,30,31);1-8,10-11H;/q;-1;/p-1. The smallest absolute Gasteiger partial charge is 0.519 e. The summed E-state index contributed by atoms with van der Waals surface area (Å²) in [6.45, 7) is 4.23. The maximum atomic E-state index is 12.7. The van der Waals surface area contributed by atoms with Crippen LogP contribution in [0.5, 0.6) is 23.0 Å². The van der Waals surface area contributed by atoms with Gasteiger partial charge in [-0.15, -0.1) is 29.1 Å². The average Bonchev–Trinajstić information content (AvgIpc) is 3.73. The molecule has 5 aromatic carbocycles. The quantitative estimate of drug-likeness (QED) is 0.0613. The van der Waals surface area contributed by atoms with Crippen molar-refractivity contribution in [2.75, 3.05) is 14.2 Å². The van der Waals surface area contributed by atoms with Crippen molar-refractivity contribution in [1.82, 2.24) is 9.97 Å². The van der Waals surface area contributed by atoms with Crippen LogP contribution in [-0.4, -0.2) is 31.1 Å². The van der Waals surface area contributed by atoms with Crippen LogP contribution in [0, 0.1) is 6.07 Å². The molecular weight excluding hydrogens is 845 g/mol. The summed E-state index contributed by atoms with van der Waals surface area (Å²) in [6, 6.07) is 44.5. The van der Waals surface area contributed by atoms with Crippen LogP contribution >= 0.6 is 0 Å². The monoisotopic (exact) mass is 881 g/mol. The largest absolute Gasteiger partial charge is 0.661 e. The third-order valence-corrected chi connectivity index (χ3v) is 8.60. The molecule has 0 bridgehead atoms. The van der Waals surface area contributed by atoms with Gasteiger partial charge < -0.3 is 28.9 Å². The number of ether oxygens (including phenoxy) is 4. The average molecular weight is 881 g/mol. The number of carbonyl (C=O) groups is 2. The first kappa shape index (κ1) is 38.2. The van der Waals surface area contributed by atoms with Gasteiger partial charge in [-0.3, -0.25) is 4.79 Å². The van der Waals surface area contributed by atoms with E-state index in [2.05, 4.69) is 48.1 Å². The number of pyridine rings is 1. The van der Waals surface area contributed by atoms with Gasteiger partial charge in [0.1, 0.15) is 23.0 Å². The fourth-order valence-corrected chi connectivity index (χ4v) is 5.67. The number of ketones is 1. The van der Waals surface area contributed by atoms with Crippen molar-refractivity contribution in [1.29, 1.82) is 0 Å². The molecule has 7 rings (SSSR count). The van der Waals surface area contributed by atoms with Crippen LogP contribution in [0.1, 0.15) is 41.0 Å². The normalized spacial score (nSPS) is 10.6. The van der Waals surface area contributed by atoms with Gasteiger partial charge in [-0.25, -0.2) is 4.79 Å². The molecule has 0 aliphatic rings.